The molecule has 1 unspecified atom stereocenters. The van der Waals surface area contributed by atoms with Crippen molar-refractivity contribution in [3.63, 3.8) is 0 Å². The lowest BCUT2D eigenvalue weighted by Gasteiger charge is -2.58. The van der Waals surface area contributed by atoms with Gasteiger partial charge in [-0.2, -0.15) is 0 Å². The van der Waals surface area contributed by atoms with E-state index in [9.17, 15) is 0 Å². The largest absolute Gasteiger partial charge is 0.249 e. The Hall–Kier alpha value is -2.42. The van der Waals surface area contributed by atoms with Gasteiger partial charge in [0.05, 0.1) is 12.2 Å². The van der Waals surface area contributed by atoms with Crippen molar-refractivity contribution in [2.45, 2.75) is 77.2 Å². The van der Waals surface area contributed by atoms with Crippen LogP contribution in [0.1, 0.15) is 82.7 Å². The van der Waals surface area contributed by atoms with Gasteiger partial charge in [-0.25, -0.2) is 4.68 Å². The molecule has 34 heavy (non-hydrogen) atoms. The van der Waals surface area contributed by atoms with Crippen LogP contribution in [0.2, 0.25) is 0 Å². The topological polar surface area (TPSA) is 30.7 Å². The Kier molecular flexibility index (Phi) is 4.64. The van der Waals surface area contributed by atoms with Crippen LogP contribution in [0.25, 0.3) is 10.8 Å². The van der Waals surface area contributed by atoms with Gasteiger partial charge in [-0.1, -0.05) is 73.2 Å². The summed E-state index contributed by atoms with van der Waals surface area (Å²) in [6.45, 7) is 5.27. The molecule has 176 valence electrons. The van der Waals surface area contributed by atoms with Crippen LogP contribution in [-0.2, 0) is 0 Å². The van der Waals surface area contributed by atoms with Crippen molar-refractivity contribution in [1.82, 2.24) is 15.0 Å². The van der Waals surface area contributed by atoms with E-state index in [1.807, 2.05) is 6.20 Å². The van der Waals surface area contributed by atoms with Crippen molar-refractivity contribution < 1.29 is 0 Å². The highest BCUT2D eigenvalue weighted by molar-refractivity contribution is 5.83. The summed E-state index contributed by atoms with van der Waals surface area (Å²) < 4.78 is 2.11. The van der Waals surface area contributed by atoms with Gasteiger partial charge in [-0.3, -0.25) is 0 Å². The van der Waals surface area contributed by atoms with Crippen molar-refractivity contribution in [2.75, 3.05) is 0 Å². The number of aromatic nitrogens is 3. The van der Waals surface area contributed by atoms with Gasteiger partial charge in [-0.15, -0.1) is 5.10 Å². The van der Waals surface area contributed by atoms with Gasteiger partial charge in [-0.05, 0) is 102 Å². The maximum absolute atomic E-state index is 4.33. The van der Waals surface area contributed by atoms with E-state index in [0.29, 0.717) is 22.8 Å². The number of nitrogens with zero attached hydrogens (tertiary/aromatic N) is 3. The molecule has 0 spiro atoms. The van der Waals surface area contributed by atoms with E-state index in [-0.39, 0.29) is 0 Å². The molecule has 4 aliphatic rings. The molecule has 0 aliphatic heterocycles. The van der Waals surface area contributed by atoms with Gasteiger partial charge in [0.1, 0.15) is 0 Å². The molecule has 3 aromatic rings. The fraction of sp³-hybridized carbons (Fsp3) is 0.548. The van der Waals surface area contributed by atoms with Gasteiger partial charge in [0, 0.05) is 6.20 Å². The number of fused-ring (bicyclic) bond motifs is 6. The number of benzene rings is 2. The summed E-state index contributed by atoms with van der Waals surface area (Å²) in [5.41, 5.74) is 4.16. The van der Waals surface area contributed by atoms with Crippen LogP contribution < -0.4 is 0 Å². The summed E-state index contributed by atoms with van der Waals surface area (Å²) in [6, 6.07) is 16.7. The maximum atomic E-state index is 4.33. The molecule has 7 rings (SSSR count). The van der Waals surface area contributed by atoms with E-state index in [1.165, 1.54) is 62.1 Å². The van der Waals surface area contributed by atoms with E-state index < -0.39 is 0 Å². The predicted molar refractivity (Wildman–Crippen MR) is 137 cm³/mol. The van der Waals surface area contributed by atoms with Crippen molar-refractivity contribution in [3.05, 3.63) is 72.1 Å². The molecule has 4 aliphatic carbocycles. The van der Waals surface area contributed by atoms with Crippen LogP contribution in [0, 0.1) is 28.6 Å². The highest BCUT2D eigenvalue weighted by atomic mass is 15.4. The van der Waals surface area contributed by atoms with Crippen LogP contribution in [0.3, 0.4) is 0 Å². The quantitative estimate of drug-likeness (QED) is 0.373. The van der Waals surface area contributed by atoms with Crippen LogP contribution >= 0.6 is 0 Å². The maximum Gasteiger partial charge on any atom is 0.0693 e. The highest BCUT2D eigenvalue weighted by Crippen LogP contribution is 2.68. The summed E-state index contributed by atoms with van der Waals surface area (Å²) >= 11 is 0. The second-order valence-corrected chi connectivity index (χ2v) is 12.3. The Labute approximate surface area is 203 Å². The minimum absolute atomic E-state index is 0.391. The first-order valence-electron chi connectivity index (χ1n) is 13.6. The van der Waals surface area contributed by atoms with Crippen molar-refractivity contribution >= 4 is 10.8 Å². The SMILES string of the molecule is C[C@]12CC[C@@H](n3ccnn3)CC1=CC[C@@H]1[C@@H]2CC[C@]2(C)C(c3ccc4ccccc4c3)CC[C@@H]12. The summed E-state index contributed by atoms with van der Waals surface area (Å²) in [6.07, 6.45) is 17.2. The Bertz CT molecular complexity index is 1240. The Balaban J connectivity index is 1.18. The van der Waals surface area contributed by atoms with E-state index in [2.05, 4.69) is 83.6 Å². The smallest absolute Gasteiger partial charge is 0.0693 e. The van der Waals surface area contributed by atoms with Crippen LogP contribution in [-0.4, -0.2) is 15.0 Å². The molecule has 3 saturated carbocycles. The predicted octanol–water partition coefficient (Wildman–Crippen LogP) is 7.72. The summed E-state index contributed by atoms with van der Waals surface area (Å²) in [5, 5.41) is 11.2. The van der Waals surface area contributed by atoms with Crippen molar-refractivity contribution in [1.29, 1.82) is 0 Å². The minimum Gasteiger partial charge on any atom is -0.249 e. The summed E-state index contributed by atoms with van der Waals surface area (Å²) in [5.74, 6) is 3.30. The van der Waals surface area contributed by atoms with E-state index in [4.69, 9.17) is 0 Å². The summed E-state index contributed by atoms with van der Waals surface area (Å²) in [7, 11) is 0. The number of hydrogen-bond acceptors (Lipinski definition) is 2. The van der Waals surface area contributed by atoms with Gasteiger partial charge < -0.3 is 0 Å². The van der Waals surface area contributed by atoms with E-state index in [0.717, 1.165) is 17.8 Å². The minimum atomic E-state index is 0.391. The molecule has 0 radical (unpaired) electrons. The lowest BCUT2D eigenvalue weighted by molar-refractivity contribution is -0.0342. The van der Waals surface area contributed by atoms with Gasteiger partial charge >= 0.3 is 0 Å². The molecule has 0 N–H and O–H groups in total. The van der Waals surface area contributed by atoms with Crippen molar-refractivity contribution in [2.24, 2.45) is 28.6 Å². The first-order chi connectivity index (χ1) is 16.6. The second-order valence-electron chi connectivity index (χ2n) is 12.3. The molecule has 3 heteroatoms. The molecule has 1 aromatic heterocycles. The molecule has 2 aromatic carbocycles. The molecular weight excluding hydrogens is 414 g/mol. The Morgan fingerprint density at radius 3 is 2.65 bits per heavy atom. The molecule has 3 fully saturated rings. The number of rotatable bonds is 2. The first kappa shape index (κ1) is 20.9. The average Bonchev–Trinajstić information content (AvgIpc) is 3.51. The van der Waals surface area contributed by atoms with E-state index in [1.54, 1.807) is 11.1 Å². The fourth-order valence-corrected chi connectivity index (χ4v) is 9.25. The summed E-state index contributed by atoms with van der Waals surface area (Å²) in [4.78, 5) is 0. The first-order valence-corrected chi connectivity index (χ1v) is 13.6. The lowest BCUT2D eigenvalue weighted by atomic mass is 9.47. The third-order valence-electron chi connectivity index (χ3n) is 11.1. The molecule has 1 heterocycles. The molecule has 0 saturated heterocycles. The molecular formula is C31H37N3. The van der Waals surface area contributed by atoms with E-state index >= 15 is 0 Å². The number of allylic oxidation sites excluding steroid dienone is 2. The standard InChI is InChI=1S/C31H37N3/c1-30-15-13-25(34-18-17-32-33-34)20-24(30)9-10-26-28-12-11-27(31(28,2)16-14-29(26)30)23-8-7-21-5-3-4-6-22(21)19-23/h3-9,17-19,25-29H,10-16,20H2,1-2H3/t25-,26+,27?,28+,29+,30+,31-/m1/s1. The van der Waals surface area contributed by atoms with Gasteiger partial charge in [0.2, 0.25) is 0 Å². The van der Waals surface area contributed by atoms with Crippen molar-refractivity contribution in [3.8, 4) is 0 Å². The third-order valence-corrected chi connectivity index (χ3v) is 11.1. The van der Waals surface area contributed by atoms with Gasteiger partial charge in [0.15, 0.2) is 0 Å². The second kappa shape index (κ2) is 7.54. The Morgan fingerprint density at radius 1 is 0.912 bits per heavy atom. The lowest BCUT2D eigenvalue weighted by Crippen LogP contribution is -2.49. The zero-order valence-corrected chi connectivity index (χ0v) is 20.7. The molecule has 0 bridgehead atoms. The van der Waals surface area contributed by atoms with Crippen LogP contribution in [0.15, 0.2) is 66.5 Å². The zero-order chi connectivity index (χ0) is 22.9. The molecule has 0 amide bonds. The third kappa shape index (κ3) is 2.94. The number of hydrogen-bond donors (Lipinski definition) is 0. The van der Waals surface area contributed by atoms with Gasteiger partial charge in [0.25, 0.3) is 0 Å². The monoisotopic (exact) mass is 451 g/mol. The normalized spacial score (nSPS) is 39.2. The molecule has 3 nitrogen and oxygen atoms in total. The molecule has 7 atom stereocenters. The van der Waals surface area contributed by atoms with Crippen LogP contribution in [0.5, 0.6) is 0 Å². The Morgan fingerprint density at radius 2 is 1.79 bits per heavy atom. The fourth-order valence-electron chi connectivity index (χ4n) is 9.25. The zero-order valence-electron chi connectivity index (χ0n) is 20.7. The highest BCUT2D eigenvalue weighted by Gasteiger charge is 2.58. The average molecular weight is 452 g/mol. The van der Waals surface area contributed by atoms with Crippen LogP contribution in [0.4, 0.5) is 0 Å².